The lowest BCUT2D eigenvalue weighted by Gasteiger charge is -2.11. The van der Waals surface area contributed by atoms with Gasteiger partial charge in [-0.25, -0.2) is 4.39 Å². The molecule has 0 unspecified atom stereocenters. The Morgan fingerprint density at radius 2 is 1.32 bits per heavy atom. The van der Waals surface area contributed by atoms with Crippen LogP contribution in [0.4, 0.5) is 4.39 Å². The number of carbonyl (C=O) groups is 1. The van der Waals surface area contributed by atoms with Crippen LogP contribution < -0.4 is 5.32 Å². The van der Waals surface area contributed by atoms with Crippen molar-refractivity contribution in [1.82, 2.24) is 5.32 Å². The Hall–Kier alpha value is -3.01. The summed E-state index contributed by atoms with van der Waals surface area (Å²) in [5.74, 6) is -0.885. The van der Waals surface area contributed by atoms with Gasteiger partial charge in [0.2, 0.25) is 0 Å². The van der Waals surface area contributed by atoms with Gasteiger partial charge in [-0.05, 0) is 48.5 Å². The van der Waals surface area contributed by atoms with Gasteiger partial charge in [-0.2, -0.15) is 5.26 Å². The van der Waals surface area contributed by atoms with Crippen molar-refractivity contribution in [2.75, 3.05) is 0 Å². The highest BCUT2D eigenvalue weighted by molar-refractivity contribution is 8.22. The normalized spacial score (nSPS) is 10.0. The van der Waals surface area contributed by atoms with Crippen molar-refractivity contribution in [3.8, 4) is 6.07 Å². The van der Waals surface area contributed by atoms with Crippen molar-refractivity contribution in [1.29, 1.82) is 5.26 Å². The van der Waals surface area contributed by atoms with E-state index in [4.69, 9.17) is 0 Å². The number of halogens is 1. The molecule has 0 saturated carbocycles. The SMILES string of the molecule is N#CC(NC(=O)c1ccc(F)cc1)=C(Sc1ccccc1)Sc1ccccc1. The summed E-state index contributed by atoms with van der Waals surface area (Å²) in [6.07, 6.45) is 0. The molecular weight excluding hydrogens is 391 g/mol. The minimum Gasteiger partial charge on any atom is -0.312 e. The topological polar surface area (TPSA) is 52.9 Å². The van der Waals surface area contributed by atoms with E-state index in [1.165, 1.54) is 47.8 Å². The molecule has 0 fully saturated rings. The third kappa shape index (κ3) is 5.49. The van der Waals surface area contributed by atoms with Gasteiger partial charge in [-0.15, -0.1) is 0 Å². The number of carbonyl (C=O) groups excluding carboxylic acids is 1. The Morgan fingerprint density at radius 1 is 0.821 bits per heavy atom. The molecule has 0 spiro atoms. The van der Waals surface area contributed by atoms with Crippen LogP contribution in [0.5, 0.6) is 0 Å². The van der Waals surface area contributed by atoms with Crippen molar-refractivity contribution in [2.24, 2.45) is 0 Å². The van der Waals surface area contributed by atoms with Crippen molar-refractivity contribution in [3.63, 3.8) is 0 Å². The number of allylic oxidation sites excluding steroid dienone is 1. The van der Waals surface area contributed by atoms with E-state index in [0.717, 1.165) is 9.79 Å². The molecule has 3 nitrogen and oxygen atoms in total. The highest BCUT2D eigenvalue weighted by Crippen LogP contribution is 2.40. The predicted octanol–water partition coefficient (Wildman–Crippen LogP) is 5.83. The largest absolute Gasteiger partial charge is 0.312 e. The molecule has 1 N–H and O–H groups in total. The van der Waals surface area contributed by atoms with Crippen LogP contribution in [0.25, 0.3) is 0 Å². The summed E-state index contributed by atoms with van der Waals surface area (Å²) >= 11 is 2.80. The molecule has 1 amide bonds. The monoisotopic (exact) mass is 406 g/mol. The quantitative estimate of drug-likeness (QED) is 0.413. The molecule has 0 atom stereocenters. The summed E-state index contributed by atoms with van der Waals surface area (Å²) < 4.78 is 13.7. The molecule has 0 heterocycles. The number of rotatable bonds is 6. The maximum absolute atomic E-state index is 13.1. The first kappa shape index (κ1) is 19.7. The first-order chi connectivity index (χ1) is 13.7. The smallest absolute Gasteiger partial charge is 0.256 e. The predicted molar refractivity (Wildman–Crippen MR) is 111 cm³/mol. The number of hydrogen-bond donors (Lipinski definition) is 1. The number of hydrogen-bond acceptors (Lipinski definition) is 4. The van der Waals surface area contributed by atoms with Crippen LogP contribution in [-0.4, -0.2) is 5.91 Å². The van der Waals surface area contributed by atoms with E-state index in [1.807, 2.05) is 60.7 Å². The van der Waals surface area contributed by atoms with Gasteiger partial charge >= 0.3 is 0 Å². The molecule has 0 aliphatic carbocycles. The van der Waals surface area contributed by atoms with E-state index >= 15 is 0 Å². The van der Waals surface area contributed by atoms with Gasteiger partial charge in [0, 0.05) is 15.4 Å². The van der Waals surface area contributed by atoms with Crippen molar-refractivity contribution >= 4 is 29.4 Å². The van der Waals surface area contributed by atoms with Crippen LogP contribution in [0.1, 0.15) is 10.4 Å². The van der Waals surface area contributed by atoms with Gasteiger partial charge < -0.3 is 5.32 Å². The number of nitriles is 1. The molecule has 0 aliphatic rings. The van der Waals surface area contributed by atoms with E-state index in [-0.39, 0.29) is 11.3 Å². The van der Waals surface area contributed by atoms with Crippen LogP contribution in [0, 0.1) is 17.1 Å². The van der Waals surface area contributed by atoms with Crippen LogP contribution in [0.2, 0.25) is 0 Å². The van der Waals surface area contributed by atoms with Crippen LogP contribution in [-0.2, 0) is 0 Å². The third-order valence-electron chi connectivity index (χ3n) is 3.57. The molecule has 28 heavy (non-hydrogen) atoms. The third-order valence-corrected chi connectivity index (χ3v) is 5.86. The second-order valence-electron chi connectivity index (χ2n) is 5.57. The highest BCUT2D eigenvalue weighted by Gasteiger charge is 2.15. The fourth-order valence-corrected chi connectivity index (χ4v) is 4.38. The number of nitrogens with one attached hydrogen (secondary N) is 1. The summed E-state index contributed by atoms with van der Waals surface area (Å²) in [7, 11) is 0. The second-order valence-corrected chi connectivity index (χ2v) is 7.99. The van der Waals surface area contributed by atoms with Gasteiger partial charge in [-0.1, -0.05) is 59.9 Å². The zero-order valence-corrected chi connectivity index (χ0v) is 16.3. The summed E-state index contributed by atoms with van der Waals surface area (Å²) in [4.78, 5) is 14.4. The van der Waals surface area contributed by atoms with Crippen molar-refractivity contribution in [2.45, 2.75) is 9.79 Å². The molecular formula is C22H15FN2OS2. The van der Waals surface area contributed by atoms with Crippen molar-refractivity contribution < 1.29 is 9.18 Å². The van der Waals surface area contributed by atoms with Gasteiger partial charge in [-0.3, -0.25) is 4.79 Å². The fraction of sp³-hybridized carbons (Fsp3) is 0. The maximum Gasteiger partial charge on any atom is 0.256 e. The highest BCUT2D eigenvalue weighted by atomic mass is 32.2. The van der Waals surface area contributed by atoms with Gasteiger partial charge in [0.1, 0.15) is 17.6 Å². The lowest BCUT2D eigenvalue weighted by atomic mass is 10.2. The number of nitrogens with zero attached hydrogens (tertiary/aromatic N) is 1. The Bertz CT molecular complexity index is 970. The van der Waals surface area contributed by atoms with E-state index in [1.54, 1.807) is 0 Å². The summed E-state index contributed by atoms with van der Waals surface area (Å²) in [6, 6.07) is 26.5. The standard InChI is InChI=1S/C22H15FN2OS2/c23-17-13-11-16(12-14-17)21(26)25-20(15-24)22(27-18-7-3-1-4-8-18)28-19-9-5-2-6-10-19/h1-14H,(H,25,26). The Morgan fingerprint density at radius 3 is 1.79 bits per heavy atom. The molecule has 0 aromatic heterocycles. The lowest BCUT2D eigenvalue weighted by molar-refractivity contribution is 0.0967. The Kier molecular flexibility index (Phi) is 6.90. The van der Waals surface area contributed by atoms with Crippen LogP contribution >= 0.6 is 23.5 Å². The summed E-state index contributed by atoms with van der Waals surface area (Å²) in [5, 5.41) is 12.3. The molecule has 0 saturated heterocycles. The van der Waals surface area contributed by atoms with Gasteiger partial charge in [0.15, 0.2) is 0 Å². The fourth-order valence-electron chi connectivity index (χ4n) is 2.23. The van der Waals surface area contributed by atoms with Crippen LogP contribution in [0.3, 0.4) is 0 Å². The summed E-state index contributed by atoms with van der Waals surface area (Å²) in [6.45, 7) is 0. The number of thioether (sulfide) groups is 2. The van der Waals surface area contributed by atoms with E-state index in [9.17, 15) is 14.4 Å². The maximum atomic E-state index is 13.1. The Labute approximate surface area is 171 Å². The average molecular weight is 407 g/mol. The van der Waals surface area contributed by atoms with E-state index < -0.39 is 11.7 Å². The molecule has 0 aliphatic heterocycles. The molecule has 6 heteroatoms. The van der Waals surface area contributed by atoms with Crippen molar-refractivity contribution in [3.05, 3.63) is 106 Å². The Balaban J connectivity index is 1.91. The molecule has 3 aromatic rings. The number of amides is 1. The minimum absolute atomic E-state index is 0.150. The first-order valence-corrected chi connectivity index (χ1v) is 9.96. The van der Waals surface area contributed by atoms with Gasteiger partial charge in [0.05, 0.1) is 4.24 Å². The second kappa shape index (κ2) is 9.79. The molecule has 3 aromatic carbocycles. The lowest BCUT2D eigenvalue weighted by Crippen LogP contribution is -2.22. The van der Waals surface area contributed by atoms with E-state index in [0.29, 0.717) is 4.24 Å². The minimum atomic E-state index is -0.462. The zero-order chi connectivity index (χ0) is 19.8. The summed E-state index contributed by atoms with van der Waals surface area (Å²) in [5.41, 5.74) is 0.431. The van der Waals surface area contributed by atoms with Gasteiger partial charge in [0.25, 0.3) is 5.91 Å². The molecule has 0 bridgehead atoms. The average Bonchev–Trinajstić information content (AvgIpc) is 2.73. The number of benzene rings is 3. The first-order valence-electron chi connectivity index (χ1n) is 8.33. The van der Waals surface area contributed by atoms with Crippen LogP contribution in [0.15, 0.2) is 105 Å². The molecule has 0 radical (unpaired) electrons. The zero-order valence-electron chi connectivity index (χ0n) is 14.6. The molecule has 138 valence electrons. The molecule has 3 rings (SSSR count). The van der Waals surface area contributed by atoms with E-state index in [2.05, 4.69) is 11.4 Å².